The third kappa shape index (κ3) is 3.79. The number of para-hydroxylation sites is 1. The molecule has 0 aliphatic heterocycles. The van der Waals surface area contributed by atoms with Crippen LogP contribution in [0.15, 0.2) is 42.5 Å². The van der Waals surface area contributed by atoms with Crippen LogP contribution in [-0.2, 0) is 11.2 Å². The van der Waals surface area contributed by atoms with Crippen molar-refractivity contribution in [3.05, 3.63) is 53.6 Å². The number of likely N-dealkylation sites (N-methyl/N-ethyl adjacent to an activating group) is 1. The number of benzene rings is 2. The van der Waals surface area contributed by atoms with Crippen LogP contribution in [0.1, 0.15) is 24.1 Å². The van der Waals surface area contributed by atoms with Crippen LogP contribution in [0.25, 0.3) is 0 Å². The number of nitrogen functional groups attached to an aromatic ring is 1. The molecule has 0 aliphatic carbocycles. The zero-order chi connectivity index (χ0) is 17.7. The molecule has 2 N–H and O–H groups in total. The Morgan fingerprint density at radius 1 is 1.12 bits per heavy atom. The largest absolute Gasteiger partial charge is 0.493 e. The molecule has 5 heteroatoms. The summed E-state index contributed by atoms with van der Waals surface area (Å²) in [7, 11) is 4.99. The van der Waals surface area contributed by atoms with Gasteiger partial charge in [-0.15, -0.1) is 0 Å². The van der Waals surface area contributed by atoms with E-state index in [1.54, 1.807) is 33.1 Å². The quantitative estimate of drug-likeness (QED) is 0.828. The molecule has 5 nitrogen and oxygen atoms in total. The fourth-order valence-corrected chi connectivity index (χ4v) is 2.69. The maximum Gasteiger partial charge on any atom is 0.219 e. The molecule has 1 unspecified atom stereocenters. The van der Waals surface area contributed by atoms with Crippen molar-refractivity contribution in [3.63, 3.8) is 0 Å². The van der Waals surface area contributed by atoms with Crippen molar-refractivity contribution in [3.8, 4) is 11.5 Å². The predicted octanol–water partition coefficient (Wildman–Crippen LogP) is 3.05. The maximum absolute atomic E-state index is 11.9. The topological polar surface area (TPSA) is 64.8 Å². The Morgan fingerprint density at radius 3 is 2.38 bits per heavy atom. The highest BCUT2D eigenvalue weighted by Crippen LogP contribution is 2.33. The number of methoxy groups -OCH3 is 2. The highest BCUT2D eigenvalue weighted by molar-refractivity contribution is 5.73. The van der Waals surface area contributed by atoms with Gasteiger partial charge in [0.2, 0.25) is 5.91 Å². The van der Waals surface area contributed by atoms with Crippen molar-refractivity contribution in [2.24, 2.45) is 0 Å². The lowest BCUT2D eigenvalue weighted by Crippen LogP contribution is -2.30. The zero-order valence-electron chi connectivity index (χ0n) is 14.6. The summed E-state index contributed by atoms with van der Waals surface area (Å²) in [5, 5.41) is 0. The fraction of sp³-hybridized carbons (Fsp3) is 0.316. The van der Waals surface area contributed by atoms with Crippen molar-refractivity contribution < 1.29 is 14.3 Å². The van der Waals surface area contributed by atoms with E-state index in [4.69, 9.17) is 15.2 Å². The van der Waals surface area contributed by atoms with E-state index in [1.807, 2.05) is 42.5 Å². The second-order valence-corrected chi connectivity index (χ2v) is 5.66. The van der Waals surface area contributed by atoms with E-state index in [9.17, 15) is 4.79 Å². The Labute approximate surface area is 143 Å². The van der Waals surface area contributed by atoms with Crippen molar-refractivity contribution in [2.45, 2.75) is 19.4 Å². The first-order valence-corrected chi connectivity index (χ1v) is 7.76. The first-order valence-electron chi connectivity index (χ1n) is 7.76. The van der Waals surface area contributed by atoms with Gasteiger partial charge in [0, 0.05) is 19.7 Å². The minimum absolute atomic E-state index is 0.00992. The zero-order valence-corrected chi connectivity index (χ0v) is 14.6. The molecule has 0 saturated heterocycles. The fourth-order valence-electron chi connectivity index (χ4n) is 2.69. The number of nitrogens with zero attached hydrogens (tertiary/aromatic N) is 1. The summed E-state index contributed by atoms with van der Waals surface area (Å²) in [5.74, 6) is 1.28. The first-order chi connectivity index (χ1) is 11.5. The molecule has 0 aliphatic rings. The second kappa shape index (κ2) is 7.73. The number of rotatable bonds is 6. The molecule has 0 bridgehead atoms. The number of amides is 1. The van der Waals surface area contributed by atoms with Crippen molar-refractivity contribution in [2.75, 3.05) is 27.0 Å². The van der Waals surface area contributed by atoms with Gasteiger partial charge in [0.25, 0.3) is 0 Å². The smallest absolute Gasteiger partial charge is 0.219 e. The van der Waals surface area contributed by atoms with Crippen LogP contribution in [0.3, 0.4) is 0 Å². The van der Waals surface area contributed by atoms with E-state index in [1.165, 1.54) is 0 Å². The molecule has 1 amide bonds. The lowest BCUT2D eigenvalue weighted by molar-refractivity contribution is -0.129. The molecule has 2 rings (SSSR count). The Morgan fingerprint density at radius 2 is 1.79 bits per heavy atom. The van der Waals surface area contributed by atoms with Crippen LogP contribution in [0.5, 0.6) is 11.5 Å². The maximum atomic E-state index is 11.9. The van der Waals surface area contributed by atoms with Gasteiger partial charge in [0.05, 0.1) is 20.3 Å². The summed E-state index contributed by atoms with van der Waals surface area (Å²) < 4.78 is 10.7. The summed E-state index contributed by atoms with van der Waals surface area (Å²) in [4.78, 5) is 13.7. The molecule has 2 aromatic rings. The lowest BCUT2D eigenvalue weighted by Gasteiger charge is -2.29. The van der Waals surface area contributed by atoms with Gasteiger partial charge >= 0.3 is 0 Å². The minimum atomic E-state index is -0.146. The molecule has 0 fully saturated rings. The Hall–Kier alpha value is -2.69. The van der Waals surface area contributed by atoms with Crippen molar-refractivity contribution >= 4 is 11.6 Å². The predicted molar refractivity (Wildman–Crippen MR) is 95.3 cm³/mol. The Bertz CT molecular complexity index is 716. The molecular formula is C19H24N2O3. The normalized spacial score (nSPS) is 11.7. The first kappa shape index (κ1) is 17.7. The van der Waals surface area contributed by atoms with Gasteiger partial charge in [-0.3, -0.25) is 4.79 Å². The van der Waals surface area contributed by atoms with Gasteiger partial charge in [0.1, 0.15) is 0 Å². The number of hydrogen-bond donors (Lipinski definition) is 1. The van der Waals surface area contributed by atoms with E-state index in [0.29, 0.717) is 17.9 Å². The van der Waals surface area contributed by atoms with Crippen molar-refractivity contribution in [1.82, 2.24) is 4.90 Å². The minimum Gasteiger partial charge on any atom is -0.493 e. The van der Waals surface area contributed by atoms with E-state index in [0.717, 1.165) is 16.8 Å². The van der Waals surface area contributed by atoms with Gasteiger partial charge < -0.3 is 20.1 Å². The number of nitrogens with two attached hydrogens (primary N) is 1. The summed E-state index contributed by atoms with van der Waals surface area (Å²) in [6.45, 7) is 1.56. The summed E-state index contributed by atoms with van der Waals surface area (Å²) in [5.41, 5.74) is 8.77. The van der Waals surface area contributed by atoms with Crippen LogP contribution >= 0.6 is 0 Å². The van der Waals surface area contributed by atoms with Gasteiger partial charge in [-0.25, -0.2) is 0 Å². The van der Waals surface area contributed by atoms with Crippen LogP contribution < -0.4 is 15.2 Å². The van der Waals surface area contributed by atoms with E-state index >= 15 is 0 Å². The lowest BCUT2D eigenvalue weighted by atomic mass is 9.96. The molecule has 0 saturated carbocycles. The Balaban J connectivity index is 2.43. The number of ether oxygens (including phenoxy) is 2. The van der Waals surface area contributed by atoms with Gasteiger partial charge in [-0.1, -0.05) is 24.3 Å². The van der Waals surface area contributed by atoms with Crippen LogP contribution in [0.4, 0.5) is 5.69 Å². The van der Waals surface area contributed by atoms with E-state index in [2.05, 4.69) is 0 Å². The Kier molecular flexibility index (Phi) is 5.68. The number of carbonyl (C=O) groups excluding carboxylic acids is 1. The molecule has 0 heterocycles. The average molecular weight is 328 g/mol. The molecule has 0 radical (unpaired) electrons. The summed E-state index contributed by atoms with van der Waals surface area (Å²) in [6, 6.07) is 13.3. The van der Waals surface area contributed by atoms with Crippen LogP contribution in [0.2, 0.25) is 0 Å². The van der Waals surface area contributed by atoms with E-state index < -0.39 is 0 Å². The standard InChI is InChI=1S/C19H24N2O3/c1-13(22)21(2)17(11-14-7-5-6-8-16(14)20)15-9-10-18(23-3)19(12-15)24-4/h5-10,12,17H,11,20H2,1-4H3. The van der Waals surface area contributed by atoms with Gasteiger partial charge in [0.15, 0.2) is 11.5 Å². The monoisotopic (exact) mass is 328 g/mol. The van der Waals surface area contributed by atoms with E-state index in [-0.39, 0.29) is 11.9 Å². The molecule has 24 heavy (non-hydrogen) atoms. The number of hydrogen-bond acceptors (Lipinski definition) is 4. The van der Waals surface area contributed by atoms with Crippen LogP contribution in [0, 0.1) is 0 Å². The third-order valence-electron chi connectivity index (χ3n) is 4.22. The summed E-state index contributed by atoms with van der Waals surface area (Å²) >= 11 is 0. The highest BCUT2D eigenvalue weighted by Gasteiger charge is 2.22. The number of anilines is 1. The molecule has 1 atom stereocenters. The number of carbonyl (C=O) groups is 1. The molecule has 0 spiro atoms. The highest BCUT2D eigenvalue weighted by atomic mass is 16.5. The van der Waals surface area contributed by atoms with Crippen LogP contribution in [-0.4, -0.2) is 32.1 Å². The molecule has 2 aromatic carbocycles. The van der Waals surface area contributed by atoms with Gasteiger partial charge in [-0.2, -0.15) is 0 Å². The molecule has 128 valence electrons. The molecule has 0 aromatic heterocycles. The third-order valence-corrected chi connectivity index (χ3v) is 4.22. The van der Waals surface area contributed by atoms with Crippen molar-refractivity contribution in [1.29, 1.82) is 0 Å². The molecular weight excluding hydrogens is 304 g/mol. The van der Waals surface area contributed by atoms with Gasteiger partial charge in [-0.05, 0) is 35.7 Å². The SMILES string of the molecule is COc1ccc(C(Cc2ccccc2N)N(C)C(C)=O)cc1OC. The second-order valence-electron chi connectivity index (χ2n) is 5.66. The summed E-state index contributed by atoms with van der Waals surface area (Å²) in [6.07, 6.45) is 0.623. The average Bonchev–Trinajstić information content (AvgIpc) is 2.59.